The second-order valence-corrected chi connectivity index (χ2v) is 3.19. The van der Waals surface area contributed by atoms with Crippen molar-refractivity contribution in [1.82, 2.24) is 14.9 Å². The van der Waals surface area contributed by atoms with Crippen LogP contribution in [0.4, 0.5) is 0 Å². The van der Waals surface area contributed by atoms with Crippen LogP contribution in [0.15, 0.2) is 15.8 Å². The van der Waals surface area contributed by atoms with E-state index in [1.807, 2.05) is 6.92 Å². The standard InChI is InChI=1S/C8H12ClN3O2/c1-2-10-3-4-12-5-6(9)7(13)11-8(12)14/h5,10H,2-4H2,1H3,(H,11,13,14). The van der Waals surface area contributed by atoms with Gasteiger partial charge in [-0.25, -0.2) is 4.79 Å². The number of nitrogens with zero attached hydrogens (tertiary/aromatic N) is 1. The molecule has 0 aliphatic rings. The number of halogens is 1. The molecule has 78 valence electrons. The summed E-state index contributed by atoms with van der Waals surface area (Å²) in [4.78, 5) is 24.2. The molecule has 0 radical (unpaired) electrons. The van der Waals surface area contributed by atoms with Gasteiger partial charge in [0.05, 0.1) is 0 Å². The molecule has 0 amide bonds. The predicted molar refractivity (Wildman–Crippen MR) is 54.9 cm³/mol. The van der Waals surface area contributed by atoms with Gasteiger partial charge in [-0.2, -0.15) is 0 Å². The normalized spacial score (nSPS) is 10.4. The van der Waals surface area contributed by atoms with E-state index in [1.54, 1.807) is 0 Å². The van der Waals surface area contributed by atoms with Gasteiger partial charge in [0.25, 0.3) is 5.56 Å². The van der Waals surface area contributed by atoms with Crippen molar-refractivity contribution in [1.29, 1.82) is 0 Å². The van der Waals surface area contributed by atoms with Gasteiger partial charge in [0.2, 0.25) is 0 Å². The van der Waals surface area contributed by atoms with E-state index in [1.165, 1.54) is 10.8 Å². The van der Waals surface area contributed by atoms with Crippen LogP contribution in [0.2, 0.25) is 5.02 Å². The van der Waals surface area contributed by atoms with Crippen molar-refractivity contribution in [2.75, 3.05) is 13.1 Å². The first-order valence-electron chi connectivity index (χ1n) is 4.35. The summed E-state index contributed by atoms with van der Waals surface area (Å²) in [6, 6.07) is 0. The highest BCUT2D eigenvalue weighted by Crippen LogP contribution is 1.94. The van der Waals surface area contributed by atoms with E-state index in [4.69, 9.17) is 11.6 Å². The molecule has 0 unspecified atom stereocenters. The van der Waals surface area contributed by atoms with Crippen LogP contribution in [0.1, 0.15) is 6.92 Å². The molecule has 0 fully saturated rings. The first-order chi connectivity index (χ1) is 6.65. The molecule has 14 heavy (non-hydrogen) atoms. The van der Waals surface area contributed by atoms with Crippen molar-refractivity contribution in [3.63, 3.8) is 0 Å². The van der Waals surface area contributed by atoms with Crippen LogP contribution in [0.5, 0.6) is 0 Å². The van der Waals surface area contributed by atoms with E-state index >= 15 is 0 Å². The lowest BCUT2D eigenvalue weighted by atomic mass is 10.5. The Balaban J connectivity index is 2.82. The average molecular weight is 218 g/mol. The van der Waals surface area contributed by atoms with Crippen LogP contribution < -0.4 is 16.6 Å². The van der Waals surface area contributed by atoms with Gasteiger partial charge >= 0.3 is 5.69 Å². The summed E-state index contributed by atoms with van der Waals surface area (Å²) < 4.78 is 1.37. The van der Waals surface area contributed by atoms with Crippen LogP contribution in [-0.2, 0) is 6.54 Å². The zero-order valence-corrected chi connectivity index (χ0v) is 8.60. The Morgan fingerprint density at radius 1 is 1.57 bits per heavy atom. The third-order valence-electron chi connectivity index (χ3n) is 1.75. The zero-order chi connectivity index (χ0) is 10.6. The van der Waals surface area contributed by atoms with E-state index in [0.29, 0.717) is 13.1 Å². The topological polar surface area (TPSA) is 66.9 Å². The Hall–Kier alpha value is -1.07. The molecule has 0 bridgehead atoms. The highest BCUT2D eigenvalue weighted by atomic mass is 35.5. The summed E-state index contributed by atoms with van der Waals surface area (Å²) in [5.74, 6) is 0. The molecule has 1 aromatic rings. The van der Waals surface area contributed by atoms with Crippen molar-refractivity contribution in [3.8, 4) is 0 Å². The average Bonchev–Trinajstić information content (AvgIpc) is 2.14. The first-order valence-corrected chi connectivity index (χ1v) is 4.73. The summed E-state index contributed by atoms with van der Waals surface area (Å²) in [7, 11) is 0. The fourth-order valence-corrected chi connectivity index (χ4v) is 1.19. The molecule has 0 aliphatic heterocycles. The second-order valence-electron chi connectivity index (χ2n) is 2.78. The highest BCUT2D eigenvalue weighted by Gasteiger charge is 2.00. The molecule has 0 saturated heterocycles. The number of H-pyrrole nitrogens is 1. The molecule has 0 saturated carbocycles. The van der Waals surface area contributed by atoms with E-state index in [2.05, 4.69) is 10.3 Å². The van der Waals surface area contributed by atoms with Crippen molar-refractivity contribution in [2.45, 2.75) is 13.5 Å². The molecule has 5 nitrogen and oxygen atoms in total. The van der Waals surface area contributed by atoms with Crippen molar-refractivity contribution in [2.24, 2.45) is 0 Å². The van der Waals surface area contributed by atoms with Gasteiger partial charge in [-0.15, -0.1) is 0 Å². The minimum absolute atomic E-state index is 0.0288. The van der Waals surface area contributed by atoms with E-state index in [0.717, 1.165) is 6.54 Å². The maximum Gasteiger partial charge on any atom is 0.328 e. The number of aromatic nitrogens is 2. The Kier molecular flexibility index (Phi) is 3.91. The maximum absolute atomic E-state index is 11.2. The molecule has 1 rings (SSSR count). The fraction of sp³-hybridized carbons (Fsp3) is 0.500. The molecule has 0 aromatic carbocycles. The molecule has 1 aromatic heterocycles. The van der Waals surface area contributed by atoms with Gasteiger partial charge in [0.1, 0.15) is 5.02 Å². The van der Waals surface area contributed by atoms with E-state index in [-0.39, 0.29) is 5.02 Å². The minimum Gasteiger partial charge on any atom is -0.315 e. The van der Waals surface area contributed by atoms with E-state index in [9.17, 15) is 9.59 Å². The molecular weight excluding hydrogens is 206 g/mol. The lowest BCUT2D eigenvalue weighted by Crippen LogP contribution is -2.32. The van der Waals surface area contributed by atoms with Gasteiger partial charge in [-0.1, -0.05) is 18.5 Å². The monoisotopic (exact) mass is 217 g/mol. The third-order valence-corrected chi connectivity index (χ3v) is 2.02. The Labute approximate surface area is 85.7 Å². The third kappa shape index (κ3) is 2.71. The van der Waals surface area contributed by atoms with Crippen LogP contribution in [0, 0.1) is 0 Å². The molecule has 0 aliphatic carbocycles. The van der Waals surface area contributed by atoms with Crippen molar-refractivity contribution >= 4 is 11.6 Å². The Morgan fingerprint density at radius 2 is 2.29 bits per heavy atom. The number of nitrogens with one attached hydrogen (secondary N) is 2. The number of likely N-dealkylation sites (N-methyl/N-ethyl adjacent to an activating group) is 1. The smallest absolute Gasteiger partial charge is 0.315 e. The fourth-order valence-electron chi connectivity index (χ4n) is 1.03. The van der Waals surface area contributed by atoms with Gasteiger partial charge in [-0.05, 0) is 6.54 Å². The van der Waals surface area contributed by atoms with Crippen LogP contribution in [-0.4, -0.2) is 22.6 Å². The maximum atomic E-state index is 11.2. The zero-order valence-electron chi connectivity index (χ0n) is 7.84. The van der Waals surface area contributed by atoms with Gasteiger partial charge in [-0.3, -0.25) is 14.3 Å². The molecule has 6 heteroatoms. The lowest BCUT2D eigenvalue weighted by molar-refractivity contribution is 0.586. The molecular formula is C8H12ClN3O2. The number of rotatable bonds is 4. The largest absolute Gasteiger partial charge is 0.328 e. The lowest BCUT2D eigenvalue weighted by Gasteiger charge is -2.04. The summed E-state index contributed by atoms with van der Waals surface area (Å²) >= 11 is 5.57. The summed E-state index contributed by atoms with van der Waals surface area (Å²) in [6.45, 7) is 3.97. The highest BCUT2D eigenvalue weighted by molar-refractivity contribution is 6.30. The summed E-state index contributed by atoms with van der Waals surface area (Å²) in [5, 5.41) is 3.09. The van der Waals surface area contributed by atoms with Crippen LogP contribution in [0.3, 0.4) is 0 Å². The summed E-state index contributed by atoms with van der Waals surface area (Å²) in [6.07, 6.45) is 1.35. The van der Waals surface area contributed by atoms with Gasteiger partial charge < -0.3 is 5.32 Å². The van der Waals surface area contributed by atoms with Gasteiger partial charge in [0, 0.05) is 19.3 Å². The van der Waals surface area contributed by atoms with Crippen molar-refractivity contribution in [3.05, 3.63) is 32.1 Å². The number of hydrogen-bond acceptors (Lipinski definition) is 3. The number of hydrogen-bond donors (Lipinski definition) is 2. The van der Waals surface area contributed by atoms with Crippen LogP contribution >= 0.6 is 11.6 Å². The Bertz CT molecular complexity index is 410. The SMILES string of the molecule is CCNCCn1cc(Cl)c(=O)[nH]c1=O. The molecule has 1 heterocycles. The Morgan fingerprint density at radius 3 is 2.93 bits per heavy atom. The van der Waals surface area contributed by atoms with E-state index < -0.39 is 11.2 Å². The molecule has 2 N–H and O–H groups in total. The molecule has 0 atom stereocenters. The minimum atomic E-state index is -0.545. The molecule has 0 spiro atoms. The first kappa shape index (κ1) is 11.0. The summed E-state index contributed by atoms with van der Waals surface area (Å²) in [5.41, 5.74) is -0.978. The second kappa shape index (κ2) is 4.97. The van der Waals surface area contributed by atoms with Crippen molar-refractivity contribution < 1.29 is 0 Å². The predicted octanol–water partition coefficient (Wildman–Crippen LogP) is -0.201. The van der Waals surface area contributed by atoms with Crippen LogP contribution in [0.25, 0.3) is 0 Å². The number of aromatic amines is 1. The van der Waals surface area contributed by atoms with Gasteiger partial charge in [0.15, 0.2) is 0 Å². The quantitative estimate of drug-likeness (QED) is 0.687.